The Morgan fingerprint density at radius 2 is 1.81 bits per heavy atom. The SMILES string of the molecule is CC(=O)NC1(C(=O)Nc2ccc(C(C)N)cc2)CCCc2ccccc21. The van der Waals surface area contributed by atoms with Crippen molar-refractivity contribution in [3.63, 3.8) is 0 Å². The molecule has 0 bridgehead atoms. The van der Waals surface area contributed by atoms with Crippen molar-refractivity contribution in [2.75, 3.05) is 5.32 Å². The molecule has 2 amide bonds. The lowest BCUT2D eigenvalue weighted by Crippen LogP contribution is -2.55. The van der Waals surface area contributed by atoms with Crippen LogP contribution in [-0.4, -0.2) is 11.8 Å². The zero-order valence-electron chi connectivity index (χ0n) is 15.2. The van der Waals surface area contributed by atoms with Crippen LogP contribution in [-0.2, 0) is 21.5 Å². The van der Waals surface area contributed by atoms with Crippen molar-refractivity contribution in [1.29, 1.82) is 0 Å². The number of nitrogens with two attached hydrogens (primary N) is 1. The third kappa shape index (κ3) is 3.48. The van der Waals surface area contributed by atoms with Gasteiger partial charge in [0.25, 0.3) is 5.91 Å². The third-order valence-electron chi connectivity index (χ3n) is 4.95. The molecule has 1 aliphatic rings. The van der Waals surface area contributed by atoms with Crippen LogP contribution in [0.25, 0.3) is 0 Å². The lowest BCUT2D eigenvalue weighted by molar-refractivity contribution is -0.130. The van der Waals surface area contributed by atoms with Crippen molar-refractivity contribution in [3.05, 3.63) is 65.2 Å². The van der Waals surface area contributed by atoms with E-state index in [0.29, 0.717) is 12.1 Å². The summed E-state index contributed by atoms with van der Waals surface area (Å²) in [5.74, 6) is -0.433. The zero-order valence-corrected chi connectivity index (χ0v) is 15.2. The van der Waals surface area contributed by atoms with Crippen LogP contribution in [0, 0.1) is 0 Å². The lowest BCUT2D eigenvalue weighted by Gasteiger charge is -2.38. The van der Waals surface area contributed by atoms with E-state index in [1.54, 1.807) is 0 Å². The summed E-state index contributed by atoms with van der Waals surface area (Å²) in [7, 11) is 0. The van der Waals surface area contributed by atoms with E-state index < -0.39 is 5.54 Å². The summed E-state index contributed by atoms with van der Waals surface area (Å²) in [6.07, 6.45) is 2.33. The van der Waals surface area contributed by atoms with Crippen molar-refractivity contribution in [2.24, 2.45) is 5.73 Å². The predicted octanol–water partition coefficient (Wildman–Crippen LogP) is 3.01. The van der Waals surface area contributed by atoms with Gasteiger partial charge in [0, 0.05) is 18.7 Å². The summed E-state index contributed by atoms with van der Waals surface area (Å²) in [6.45, 7) is 3.36. The fraction of sp³-hybridized carbons (Fsp3) is 0.333. The maximum Gasteiger partial charge on any atom is 0.254 e. The van der Waals surface area contributed by atoms with E-state index in [0.717, 1.165) is 29.5 Å². The molecule has 136 valence electrons. The molecule has 0 heterocycles. The first-order chi connectivity index (χ1) is 12.4. The first kappa shape index (κ1) is 18.1. The highest BCUT2D eigenvalue weighted by atomic mass is 16.2. The van der Waals surface area contributed by atoms with Gasteiger partial charge in [0.2, 0.25) is 5.91 Å². The normalized spacial score (nSPS) is 20.0. The summed E-state index contributed by atoms with van der Waals surface area (Å²) >= 11 is 0. The summed E-state index contributed by atoms with van der Waals surface area (Å²) in [5.41, 5.74) is 8.51. The molecule has 2 unspecified atom stereocenters. The summed E-state index contributed by atoms with van der Waals surface area (Å²) < 4.78 is 0. The van der Waals surface area contributed by atoms with E-state index in [1.165, 1.54) is 6.92 Å². The Labute approximate surface area is 154 Å². The average Bonchev–Trinajstić information content (AvgIpc) is 2.62. The number of fused-ring (bicyclic) bond motifs is 1. The van der Waals surface area contributed by atoms with Crippen LogP contribution in [0.2, 0.25) is 0 Å². The van der Waals surface area contributed by atoms with E-state index in [4.69, 9.17) is 5.73 Å². The Morgan fingerprint density at radius 3 is 2.46 bits per heavy atom. The number of hydrogen-bond donors (Lipinski definition) is 3. The minimum absolute atomic E-state index is 0.0595. The molecule has 3 rings (SSSR count). The van der Waals surface area contributed by atoms with Crippen LogP contribution in [0.1, 0.15) is 49.4 Å². The van der Waals surface area contributed by atoms with Crippen LogP contribution < -0.4 is 16.4 Å². The molecule has 0 fully saturated rings. The number of benzene rings is 2. The van der Waals surface area contributed by atoms with Crippen LogP contribution in [0.5, 0.6) is 0 Å². The van der Waals surface area contributed by atoms with Gasteiger partial charge in [-0.05, 0) is 55.0 Å². The molecule has 2 atom stereocenters. The molecule has 0 radical (unpaired) electrons. The van der Waals surface area contributed by atoms with E-state index in [1.807, 2.05) is 55.5 Å². The molecular formula is C21H25N3O2. The largest absolute Gasteiger partial charge is 0.338 e. The van der Waals surface area contributed by atoms with Gasteiger partial charge in [-0.3, -0.25) is 9.59 Å². The molecule has 4 N–H and O–H groups in total. The maximum atomic E-state index is 13.3. The fourth-order valence-electron chi connectivity index (χ4n) is 3.66. The number of nitrogens with one attached hydrogen (secondary N) is 2. The Balaban J connectivity index is 1.94. The summed E-state index contributed by atoms with van der Waals surface area (Å²) in [5, 5.41) is 5.90. The molecule has 0 saturated heterocycles. The van der Waals surface area contributed by atoms with Crippen molar-refractivity contribution < 1.29 is 9.59 Å². The molecule has 1 aliphatic carbocycles. The molecular weight excluding hydrogens is 326 g/mol. The minimum atomic E-state index is -1.04. The standard InChI is InChI=1S/C21H25N3O2/c1-14(22)16-9-11-18(12-10-16)23-20(26)21(24-15(2)25)13-5-7-17-6-3-4-8-19(17)21/h3-4,6,8-12,14H,5,7,13,22H2,1-2H3,(H,23,26)(H,24,25). The minimum Gasteiger partial charge on any atom is -0.338 e. The van der Waals surface area contributed by atoms with Gasteiger partial charge in [0.15, 0.2) is 0 Å². The van der Waals surface area contributed by atoms with E-state index in [9.17, 15) is 9.59 Å². The Bertz CT molecular complexity index is 814. The van der Waals surface area contributed by atoms with Crippen LogP contribution in [0.3, 0.4) is 0 Å². The average molecular weight is 351 g/mol. The number of carbonyl (C=O) groups is 2. The smallest absolute Gasteiger partial charge is 0.254 e. The number of hydrogen-bond acceptors (Lipinski definition) is 3. The molecule has 0 aromatic heterocycles. The molecule has 2 aromatic rings. The van der Waals surface area contributed by atoms with Gasteiger partial charge in [-0.15, -0.1) is 0 Å². The number of anilines is 1. The number of aryl methyl sites for hydroxylation is 1. The molecule has 0 spiro atoms. The van der Waals surface area contributed by atoms with Crippen molar-refractivity contribution in [2.45, 2.75) is 44.7 Å². The van der Waals surface area contributed by atoms with E-state index in [-0.39, 0.29) is 17.9 Å². The van der Waals surface area contributed by atoms with Gasteiger partial charge in [-0.1, -0.05) is 36.4 Å². The molecule has 26 heavy (non-hydrogen) atoms. The Hall–Kier alpha value is -2.66. The van der Waals surface area contributed by atoms with Crippen LogP contribution in [0.4, 0.5) is 5.69 Å². The van der Waals surface area contributed by atoms with E-state index >= 15 is 0 Å². The highest BCUT2D eigenvalue weighted by molar-refractivity contribution is 6.01. The van der Waals surface area contributed by atoms with Gasteiger partial charge >= 0.3 is 0 Å². The second-order valence-corrected chi connectivity index (χ2v) is 6.96. The van der Waals surface area contributed by atoms with Crippen molar-refractivity contribution in [1.82, 2.24) is 5.32 Å². The van der Waals surface area contributed by atoms with Gasteiger partial charge in [0.05, 0.1) is 0 Å². The Kier molecular flexibility index (Phi) is 5.09. The first-order valence-electron chi connectivity index (χ1n) is 8.96. The first-order valence-corrected chi connectivity index (χ1v) is 8.96. The maximum absolute atomic E-state index is 13.3. The highest BCUT2D eigenvalue weighted by Gasteiger charge is 2.44. The van der Waals surface area contributed by atoms with Crippen molar-refractivity contribution >= 4 is 17.5 Å². The van der Waals surface area contributed by atoms with Crippen molar-refractivity contribution in [3.8, 4) is 0 Å². The second-order valence-electron chi connectivity index (χ2n) is 6.96. The third-order valence-corrected chi connectivity index (χ3v) is 4.95. The van der Waals surface area contributed by atoms with Gasteiger partial charge in [-0.25, -0.2) is 0 Å². The summed E-state index contributed by atoms with van der Waals surface area (Å²) in [6, 6.07) is 15.3. The number of rotatable bonds is 4. The van der Waals surface area contributed by atoms with Crippen LogP contribution in [0.15, 0.2) is 48.5 Å². The molecule has 5 nitrogen and oxygen atoms in total. The monoisotopic (exact) mass is 351 g/mol. The number of amides is 2. The predicted molar refractivity (Wildman–Crippen MR) is 103 cm³/mol. The highest BCUT2D eigenvalue weighted by Crippen LogP contribution is 2.36. The fourth-order valence-corrected chi connectivity index (χ4v) is 3.66. The molecule has 0 saturated carbocycles. The molecule has 0 aliphatic heterocycles. The second kappa shape index (κ2) is 7.30. The lowest BCUT2D eigenvalue weighted by atomic mass is 9.75. The van der Waals surface area contributed by atoms with Gasteiger partial charge in [0.1, 0.15) is 5.54 Å². The quantitative estimate of drug-likeness (QED) is 0.792. The summed E-state index contributed by atoms with van der Waals surface area (Å²) in [4.78, 5) is 25.2. The van der Waals surface area contributed by atoms with Crippen LogP contribution >= 0.6 is 0 Å². The van der Waals surface area contributed by atoms with E-state index in [2.05, 4.69) is 10.6 Å². The van der Waals surface area contributed by atoms with Gasteiger partial charge in [-0.2, -0.15) is 0 Å². The number of carbonyl (C=O) groups excluding carboxylic acids is 2. The topological polar surface area (TPSA) is 84.2 Å². The Morgan fingerprint density at radius 1 is 1.12 bits per heavy atom. The molecule has 5 heteroatoms. The van der Waals surface area contributed by atoms with Gasteiger partial charge < -0.3 is 16.4 Å². The zero-order chi connectivity index (χ0) is 18.7. The molecule has 2 aromatic carbocycles.